The van der Waals surface area contributed by atoms with Crippen LogP contribution in [-0.2, 0) is 4.84 Å². The average molecular weight is 181 g/mol. The monoisotopic (exact) mass is 181 g/mol. The Kier molecular flexibility index (Phi) is 5.94. The number of hydrogen-bond acceptors (Lipinski definition) is 2. The van der Waals surface area contributed by atoms with Crippen LogP contribution in [0.5, 0.6) is 0 Å². The third kappa shape index (κ3) is 5.23. The topological polar surface area (TPSA) is 21.6 Å². The summed E-state index contributed by atoms with van der Waals surface area (Å²) in [4.78, 5) is 5.15. The first-order valence-corrected chi connectivity index (χ1v) is 4.61. The molecule has 0 aliphatic rings. The van der Waals surface area contributed by atoms with Gasteiger partial charge >= 0.3 is 0 Å². The van der Waals surface area contributed by atoms with Crippen molar-refractivity contribution in [3.8, 4) is 0 Å². The molecule has 13 heavy (non-hydrogen) atoms. The van der Waals surface area contributed by atoms with E-state index in [0.29, 0.717) is 0 Å². The molecule has 0 radical (unpaired) electrons. The zero-order valence-corrected chi connectivity index (χ0v) is 9.16. The van der Waals surface area contributed by atoms with Crippen molar-refractivity contribution in [2.24, 2.45) is 5.16 Å². The van der Waals surface area contributed by atoms with E-state index < -0.39 is 0 Å². The number of nitrogens with zero attached hydrogens (tertiary/aromatic N) is 1. The summed E-state index contributed by atoms with van der Waals surface area (Å²) in [6.07, 6.45) is 6.16. The fraction of sp³-hybridized carbons (Fsp3) is 0.545. The maximum Gasteiger partial charge on any atom is 0.122 e. The van der Waals surface area contributed by atoms with Crippen LogP contribution >= 0.6 is 0 Å². The van der Waals surface area contributed by atoms with Crippen LogP contribution in [0.25, 0.3) is 0 Å². The number of rotatable bonds is 4. The van der Waals surface area contributed by atoms with Crippen LogP contribution < -0.4 is 0 Å². The Morgan fingerprint density at radius 3 is 2.31 bits per heavy atom. The van der Waals surface area contributed by atoms with Crippen molar-refractivity contribution in [3.05, 3.63) is 23.8 Å². The molecule has 0 atom stereocenters. The number of allylic oxidation sites excluding steroid dienone is 4. The highest BCUT2D eigenvalue weighted by Crippen LogP contribution is 2.02. The molecule has 74 valence electrons. The highest BCUT2D eigenvalue weighted by Gasteiger charge is 1.97. The van der Waals surface area contributed by atoms with Crippen molar-refractivity contribution in [2.45, 2.75) is 40.7 Å². The van der Waals surface area contributed by atoms with E-state index >= 15 is 0 Å². The van der Waals surface area contributed by atoms with E-state index in [1.807, 2.05) is 52.8 Å². The van der Waals surface area contributed by atoms with Crippen LogP contribution in [0.4, 0.5) is 0 Å². The molecule has 0 spiro atoms. The lowest BCUT2D eigenvalue weighted by atomic mass is 10.1. The molecule has 0 aliphatic heterocycles. The van der Waals surface area contributed by atoms with Crippen molar-refractivity contribution in [1.82, 2.24) is 0 Å². The van der Waals surface area contributed by atoms with Gasteiger partial charge in [-0.1, -0.05) is 23.4 Å². The van der Waals surface area contributed by atoms with Gasteiger partial charge in [-0.3, -0.25) is 0 Å². The van der Waals surface area contributed by atoms with Gasteiger partial charge in [-0.15, -0.1) is 0 Å². The summed E-state index contributed by atoms with van der Waals surface area (Å²) in [5.41, 5.74) is 2.01. The zero-order valence-electron chi connectivity index (χ0n) is 9.16. The highest BCUT2D eigenvalue weighted by molar-refractivity contribution is 6.00. The molecule has 0 rings (SSSR count). The molecule has 0 saturated carbocycles. The molecule has 0 saturated heterocycles. The second-order valence-electron chi connectivity index (χ2n) is 3.07. The standard InChI is InChI=1S/C11H19NO/c1-6-8-11(7-2)10(5)12-13-9(3)4/h6-9H,1-5H3/b8-6-,11-7+,12-10+. The largest absolute Gasteiger partial charge is 0.393 e. The summed E-state index contributed by atoms with van der Waals surface area (Å²) < 4.78 is 0. The molecule has 0 N–H and O–H groups in total. The van der Waals surface area contributed by atoms with Gasteiger partial charge in [0.25, 0.3) is 0 Å². The van der Waals surface area contributed by atoms with Gasteiger partial charge in [0.05, 0.1) is 5.71 Å². The maximum absolute atomic E-state index is 5.15. The molecular formula is C11H19NO. The van der Waals surface area contributed by atoms with E-state index in [2.05, 4.69) is 5.16 Å². The van der Waals surface area contributed by atoms with Gasteiger partial charge in [-0.05, 0) is 40.2 Å². The van der Waals surface area contributed by atoms with Crippen LogP contribution in [0.1, 0.15) is 34.6 Å². The first-order chi connectivity index (χ1) is 6.11. The van der Waals surface area contributed by atoms with Gasteiger partial charge in [-0.25, -0.2) is 0 Å². The fourth-order valence-corrected chi connectivity index (χ4v) is 0.842. The van der Waals surface area contributed by atoms with Crippen LogP contribution in [0.3, 0.4) is 0 Å². The highest BCUT2D eigenvalue weighted by atomic mass is 16.6. The van der Waals surface area contributed by atoms with E-state index in [0.717, 1.165) is 11.3 Å². The maximum atomic E-state index is 5.15. The Labute approximate surface area is 81.0 Å². The summed E-state index contributed by atoms with van der Waals surface area (Å²) >= 11 is 0. The van der Waals surface area contributed by atoms with Gasteiger partial charge in [0.2, 0.25) is 0 Å². The summed E-state index contributed by atoms with van der Waals surface area (Å²) in [7, 11) is 0. The third-order valence-corrected chi connectivity index (χ3v) is 1.48. The first kappa shape index (κ1) is 11.9. The lowest BCUT2D eigenvalue weighted by Crippen LogP contribution is -2.01. The third-order valence-electron chi connectivity index (χ3n) is 1.48. The van der Waals surface area contributed by atoms with Crippen LogP contribution in [-0.4, -0.2) is 11.8 Å². The first-order valence-electron chi connectivity index (χ1n) is 4.61. The van der Waals surface area contributed by atoms with E-state index in [1.165, 1.54) is 0 Å². The molecule has 0 aromatic heterocycles. The van der Waals surface area contributed by atoms with Gasteiger partial charge in [0.15, 0.2) is 0 Å². The molecule has 0 unspecified atom stereocenters. The zero-order chi connectivity index (χ0) is 10.3. The Morgan fingerprint density at radius 2 is 1.92 bits per heavy atom. The van der Waals surface area contributed by atoms with E-state index in [9.17, 15) is 0 Å². The Balaban J connectivity index is 4.37. The predicted molar refractivity (Wildman–Crippen MR) is 57.9 cm³/mol. The SMILES string of the molecule is C\C=C/C(=C\C)C(/C)=N/OC(C)C. The summed E-state index contributed by atoms with van der Waals surface area (Å²) in [5.74, 6) is 0. The minimum atomic E-state index is 0.138. The van der Waals surface area contributed by atoms with Crippen molar-refractivity contribution >= 4 is 5.71 Å². The van der Waals surface area contributed by atoms with Crippen molar-refractivity contribution in [1.29, 1.82) is 0 Å². The van der Waals surface area contributed by atoms with Crippen LogP contribution in [0.2, 0.25) is 0 Å². The van der Waals surface area contributed by atoms with E-state index in [1.54, 1.807) is 0 Å². The van der Waals surface area contributed by atoms with Gasteiger partial charge < -0.3 is 4.84 Å². The van der Waals surface area contributed by atoms with E-state index in [-0.39, 0.29) is 6.10 Å². The van der Waals surface area contributed by atoms with Gasteiger partial charge in [0, 0.05) is 0 Å². The molecule has 0 bridgehead atoms. The fourth-order valence-electron chi connectivity index (χ4n) is 0.842. The molecule has 0 amide bonds. The molecule has 0 aliphatic carbocycles. The molecule has 0 aromatic rings. The Morgan fingerprint density at radius 1 is 1.31 bits per heavy atom. The molecule has 0 fully saturated rings. The predicted octanol–water partition coefficient (Wildman–Crippen LogP) is 3.31. The molecule has 2 nitrogen and oxygen atoms in total. The number of hydrogen-bond donors (Lipinski definition) is 0. The quantitative estimate of drug-likeness (QED) is 0.370. The number of oxime groups is 1. The average Bonchev–Trinajstić information content (AvgIpc) is 2.10. The molecule has 0 aromatic carbocycles. The molecule has 0 heterocycles. The second-order valence-corrected chi connectivity index (χ2v) is 3.07. The smallest absolute Gasteiger partial charge is 0.122 e. The summed E-state index contributed by atoms with van der Waals surface area (Å²) in [6, 6.07) is 0. The van der Waals surface area contributed by atoms with Crippen molar-refractivity contribution in [3.63, 3.8) is 0 Å². The second kappa shape index (κ2) is 6.46. The van der Waals surface area contributed by atoms with E-state index in [4.69, 9.17) is 4.84 Å². The van der Waals surface area contributed by atoms with Gasteiger partial charge in [0.1, 0.15) is 6.10 Å². The minimum Gasteiger partial charge on any atom is -0.393 e. The Hall–Kier alpha value is -1.05. The van der Waals surface area contributed by atoms with Gasteiger partial charge in [-0.2, -0.15) is 0 Å². The summed E-state index contributed by atoms with van der Waals surface area (Å²) in [6.45, 7) is 9.84. The normalized spacial score (nSPS) is 14.3. The molecule has 2 heteroatoms. The van der Waals surface area contributed by atoms with Crippen LogP contribution in [0.15, 0.2) is 29.0 Å². The van der Waals surface area contributed by atoms with Crippen LogP contribution in [0, 0.1) is 0 Å². The van der Waals surface area contributed by atoms with Crippen molar-refractivity contribution < 1.29 is 4.84 Å². The minimum absolute atomic E-state index is 0.138. The Bertz CT molecular complexity index is 224. The lowest BCUT2D eigenvalue weighted by Gasteiger charge is -2.04. The lowest BCUT2D eigenvalue weighted by molar-refractivity contribution is 0.0860. The van der Waals surface area contributed by atoms with Crippen molar-refractivity contribution in [2.75, 3.05) is 0 Å². The summed E-state index contributed by atoms with van der Waals surface area (Å²) in [5, 5.41) is 4.01. The molecular weight excluding hydrogens is 162 g/mol.